The molecular formula is C13H9Cl2FO. The molecule has 0 radical (unpaired) electrons. The van der Waals surface area contributed by atoms with Crippen LogP contribution < -0.4 is 4.74 Å². The highest BCUT2D eigenvalue weighted by Crippen LogP contribution is 2.22. The van der Waals surface area contributed by atoms with Crippen molar-refractivity contribution in [2.24, 2.45) is 0 Å². The Balaban J connectivity index is 2.09. The third kappa shape index (κ3) is 3.35. The zero-order valence-corrected chi connectivity index (χ0v) is 10.3. The second-order valence-electron chi connectivity index (χ2n) is 3.48. The largest absolute Gasteiger partial charge is 0.489 e. The van der Waals surface area contributed by atoms with Crippen molar-refractivity contribution in [1.82, 2.24) is 0 Å². The molecule has 0 saturated carbocycles. The summed E-state index contributed by atoms with van der Waals surface area (Å²) in [5.74, 6) is 0.126. The minimum atomic E-state index is -0.334. The number of hydrogen-bond acceptors (Lipinski definition) is 1. The van der Waals surface area contributed by atoms with Crippen LogP contribution in [0.3, 0.4) is 0 Å². The Morgan fingerprint density at radius 1 is 1.06 bits per heavy atom. The highest BCUT2D eigenvalue weighted by molar-refractivity contribution is 6.33. The van der Waals surface area contributed by atoms with Crippen LogP contribution in [0.5, 0.6) is 5.75 Å². The van der Waals surface area contributed by atoms with Gasteiger partial charge in [0.15, 0.2) is 0 Å². The van der Waals surface area contributed by atoms with Crippen molar-refractivity contribution in [3.05, 3.63) is 63.9 Å². The van der Waals surface area contributed by atoms with Crippen LogP contribution in [0.4, 0.5) is 4.39 Å². The van der Waals surface area contributed by atoms with Gasteiger partial charge in [0.2, 0.25) is 0 Å². The van der Waals surface area contributed by atoms with Gasteiger partial charge in [0, 0.05) is 21.7 Å². The molecule has 2 aromatic carbocycles. The van der Waals surface area contributed by atoms with Crippen LogP contribution in [0.1, 0.15) is 5.56 Å². The van der Waals surface area contributed by atoms with Gasteiger partial charge in [0.25, 0.3) is 0 Å². The predicted molar refractivity (Wildman–Crippen MR) is 67.2 cm³/mol. The second kappa shape index (κ2) is 5.39. The summed E-state index contributed by atoms with van der Waals surface area (Å²) in [5.41, 5.74) is 0.767. The van der Waals surface area contributed by atoms with Crippen LogP contribution >= 0.6 is 23.2 Å². The first-order chi connectivity index (χ1) is 8.15. The average molecular weight is 271 g/mol. The van der Waals surface area contributed by atoms with Crippen LogP contribution in [0.15, 0.2) is 42.5 Å². The van der Waals surface area contributed by atoms with Crippen molar-refractivity contribution < 1.29 is 9.13 Å². The molecule has 0 aromatic heterocycles. The first-order valence-electron chi connectivity index (χ1n) is 4.97. The molecule has 0 amide bonds. The molecule has 17 heavy (non-hydrogen) atoms. The van der Waals surface area contributed by atoms with Gasteiger partial charge in [-0.15, -0.1) is 0 Å². The summed E-state index contributed by atoms with van der Waals surface area (Å²) in [6, 6.07) is 11.1. The number of rotatable bonds is 3. The first-order valence-corrected chi connectivity index (χ1v) is 5.73. The highest BCUT2D eigenvalue weighted by atomic mass is 35.5. The van der Waals surface area contributed by atoms with Crippen LogP contribution in [-0.4, -0.2) is 0 Å². The molecule has 0 spiro atoms. The van der Waals surface area contributed by atoms with Gasteiger partial charge < -0.3 is 4.74 Å². The summed E-state index contributed by atoms with van der Waals surface area (Å²) >= 11 is 11.8. The summed E-state index contributed by atoms with van der Waals surface area (Å²) in [6.45, 7) is 0.253. The SMILES string of the molecule is Fc1cccc(OCc2cc(Cl)ccc2Cl)c1. The fourth-order valence-corrected chi connectivity index (χ4v) is 1.74. The minimum Gasteiger partial charge on any atom is -0.489 e. The molecule has 0 bridgehead atoms. The summed E-state index contributed by atoms with van der Waals surface area (Å²) < 4.78 is 18.3. The predicted octanol–water partition coefficient (Wildman–Crippen LogP) is 4.71. The Bertz CT molecular complexity index is 529. The maximum Gasteiger partial charge on any atom is 0.126 e. The summed E-state index contributed by atoms with van der Waals surface area (Å²) in [7, 11) is 0. The average Bonchev–Trinajstić information content (AvgIpc) is 2.30. The van der Waals surface area contributed by atoms with E-state index in [9.17, 15) is 4.39 Å². The Morgan fingerprint density at radius 3 is 2.65 bits per heavy atom. The quantitative estimate of drug-likeness (QED) is 0.785. The van der Waals surface area contributed by atoms with E-state index in [0.29, 0.717) is 15.8 Å². The zero-order valence-electron chi connectivity index (χ0n) is 8.79. The third-order valence-electron chi connectivity index (χ3n) is 2.20. The molecule has 0 aliphatic heterocycles. The van der Waals surface area contributed by atoms with Gasteiger partial charge in [-0.2, -0.15) is 0 Å². The molecule has 1 nitrogen and oxygen atoms in total. The lowest BCUT2D eigenvalue weighted by atomic mass is 10.2. The van der Waals surface area contributed by atoms with Crippen LogP contribution in [0.2, 0.25) is 10.0 Å². The molecule has 0 saturated heterocycles. The second-order valence-corrected chi connectivity index (χ2v) is 4.33. The summed E-state index contributed by atoms with van der Waals surface area (Å²) in [6.07, 6.45) is 0. The number of ether oxygens (including phenoxy) is 1. The first kappa shape index (κ1) is 12.2. The standard InChI is InChI=1S/C13H9Cl2FO/c14-10-4-5-13(15)9(6-10)8-17-12-3-1-2-11(16)7-12/h1-7H,8H2. The van der Waals surface area contributed by atoms with E-state index in [0.717, 1.165) is 5.56 Å². The topological polar surface area (TPSA) is 9.23 Å². The van der Waals surface area contributed by atoms with Crippen LogP contribution in [-0.2, 0) is 6.61 Å². The lowest BCUT2D eigenvalue weighted by Gasteiger charge is -2.08. The lowest BCUT2D eigenvalue weighted by Crippen LogP contribution is -1.96. The van der Waals surface area contributed by atoms with Gasteiger partial charge in [-0.25, -0.2) is 4.39 Å². The molecule has 0 aliphatic carbocycles. The number of hydrogen-bond donors (Lipinski definition) is 0. The Hall–Kier alpha value is -1.25. The number of benzene rings is 2. The van der Waals surface area contributed by atoms with Crippen molar-refractivity contribution in [2.75, 3.05) is 0 Å². The van der Waals surface area contributed by atoms with Crippen LogP contribution in [0, 0.1) is 5.82 Å². The molecule has 0 atom stereocenters. The Morgan fingerprint density at radius 2 is 1.88 bits per heavy atom. The molecule has 0 unspecified atom stereocenters. The maximum absolute atomic E-state index is 12.9. The lowest BCUT2D eigenvalue weighted by molar-refractivity contribution is 0.304. The molecule has 0 fully saturated rings. The van der Waals surface area contributed by atoms with Gasteiger partial charge >= 0.3 is 0 Å². The normalized spacial score (nSPS) is 10.3. The van der Waals surface area contributed by atoms with Gasteiger partial charge in [-0.05, 0) is 30.3 Å². The van der Waals surface area contributed by atoms with Gasteiger partial charge in [0.1, 0.15) is 18.2 Å². The fraction of sp³-hybridized carbons (Fsp3) is 0.0769. The third-order valence-corrected chi connectivity index (χ3v) is 2.80. The van der Waals surface area contributed by atoms with E-state index in [4.69, 9.17) is 27.9 Å². The van der Waals surface area contributed by atoms with E-state index < -0.39 is 0 Å². The molecule has 0 heterocycles. The van der Waals surface area contributed by atoms with Crippen molar-refractivity contribution in [1.29, 1.82) is 0 Å². The zero-order chi connectivity index (χ0) is 12.3. The van der Waals surface area contributed by atoms with E-state index in [1.807, 2.05) is 0 Å². The van der Waals surface area contributed by atoms with E-state index >= 15 is 0 Å². The molecular weight excluding hydrogens is 262 g/mol. The minimum absolute atomic E-state index is 0.253. The Kier molecular flexibility index (Phi) is 3.87. The molecule has 2 aromatic rings. The van der Waals surface area contributed by atoms with Crippen molar-refractivity contribution in [3.63, 3.8) is 0 Å². The Labute approximate surface area is 109 Å². The number of halogens is 3. The van der Waals surface area contributed by atoms with E-state index in [1.165, 1.54) is 12.1 Å². The smallest absolute Gasteiger partial charge is 0.126 e. The van der Waals surface area contributed by atoms with Gasteiger partial charge in [-0.3, -0.25) is 0 Å². The molecule has 4 heteroatoms. The monoisotopic (exact) mass is 270 g/mol. The molecule has 0 aliphatic rings. The highest BCUT2D eigenvalue weighted by Gasteiger charge is 2.03. The summed E-state index contributed by atoms with van der Waals surface area (Å²) in [5, 5.41) is 1.16. The van der Waals surface area contributed by atoms with E-state index in [2.05, 4.69) is 0 Å². The summed E-state index contributed by atoms with van der Waals surface area (Å²) in [4.78, 5) is 0. The fourth-order valence-electron chi connectivity index (χ4n) is 1.37. The maximum atomic E-state index is 12.9. The van der Waals surface area contributed by atoms with E-state index in [-0.39, 0.29) is 12.4 Å². The molecule has 88 valence electrons. The molecule has 2 rings (SSSR count). The van der Waals surface area contributed by atoms with Gasteiger partial charge in [0.05, 0.1) is 0 Å². The van der Waals surface area contributed by atoms with Crippen molar-refractivity contribution in [3.8, 4) is 5.75 Å². The van der Waals surface area contributed by atoms with Crippen molar-refractivity contribution in [2.45, 2.75) is 6.61 Å². The van der Waals surface area contributed by atoms with Crippen LogP contribution in [0.25, 0.3) is 0 Å². The van der Waals surface area contributed by atoms with Crippen molar-refractivity contribution >= 4 is 23.2 Å². The molecule has 0 N–H and O–H groups in total. The van der Waals surface area contributed by atoms with E-state index in [1.54, 1.807) is 30.3 Å². The van der Waals surface area contributed by atoms with Gasteiger partial charge in [-0.1, -0.05) is 29.3 Å².